The van der Waals surface area contributed by atoms with Gasteiger partial charge in [-0.25, -0.2) is 4.39 Å². The van der Waals surface area contributed by atoms with Gasteiger partial charge in [0.1, 0.15) is 5.82 Å². The molecule has 4 aliphatic rings. The van der Waals surface area contributed by atoms with Crippen molar-refractivity contribution in [2.75, 3.05) is 0 Å². The third kappa shape index (κ3) is 1.36. The van der Waals surface area contributed by atoms with Crippen molar-refractivity contribution in [2.45, 2.75) is 43.6 Å². The molecule has 0 spiro atoms. The summed E-state index contributed by atoms with van der Waals surface area (Å²) in [5.74, 6) is 1.80. The summed E-state index contributed by atoms with van der Waals surface area (Å²) in [4.78, 5) is 0. The lowest BCUT2D eigenvalue weighted by Gasteiger charge is -2.59. The zero-order chi connectivity index (χ0) is 12.3. The predicted octanol–water partition coefficient (Wildman–Crippen LogP) is 3.26. The van der Waals surface area contributed by atoms with Crippen LogP contribution in [0.4, 0.5) is 4.39 Å². The molecule has 1 aromatic rings. The first-order valence-corrected chi connectivity index (χ1v) is 7.11. The second-order valence-corrected chi connectivity index (χ2v) is 6.72. The fraction of sp³-hybridized carbons (Fsp3) is 0.625. The van der Waals surface area contributed by atoms with E-state index in [-0.39, 0.29) is 17.3 Å². The molecule has 2 heteroatoms. The first-order chi connectivity index (χ1) is 8.67. The van der Waals surface area contributed by atoms with Gasteiger partial charge in [-0.2, -0.15) is 0 Å². The minimum absolute atomic E-state index is 0.142. The fourth-order valence-corrected chi connectivity index (χ4v) is 5.22. The zero-order valence-corrected chi connectivity index (χ0v) is 10.5. The van der Waals surface area contributed by atoms with Crippen molar-refractivity contribution in [3.63, 3.8) is 0 Å². The van der Waals surface area contributed by atoms with Gasteiger partial charge in [-0.1, -0.05) is 12.1 Å². The Labute approximate surface area is 107 Å². The molecule has 1 nitrogen and oxygen atoms in total. The molecule has 4 fully saturated rings. The lowest BCUT2D eigenvalue weighted by atomic mass is 9.46. The number of halogens is 1. The van der Waals surface area contributed by atoms with Crippen molar-refractivity contribution in [1.29, 1.82) is 0 Å². The van der Waals surface area contributed by atoms with Crippen LogP contribution in [0.1, 0.15) is 37.7 Å². The molecule has 4 aliphatic carbocycles. The van der Waals surface area contributed by atoms with Crippen LogP contribution in [-0.4, -0.2) is 11.2 Å². The highest BCUT2D eigenvalue weighted by Gasteiger charge is 2.57. The third-order valence-electron chi connectivity index (χ3n) is 5.66. The highest BCUT2D eigenvalue weighted by molar-refractivity contribution is 5.32. The van der Waals surface area contributed by atoms with E-state index >= 15 is 0 Å². The second-order valence-electron chi connectivity index (χ2n) is 6.72. The molecule has 1 aromatic carbocycles. The van der Waals surface area contributed by atoms with Crippen LogP contribution in [-0.2, 0) is 5.41 Å². The Morgan fingerprint density at radius 3 is 2.50 bits per heavy atom. The molecule has 3 atom stereocenters. The van der Waals surface area contributed by atoms with Crippen LogP contribution >= 0.6 is 0 Å². The fourth-order valence-electron chi connectivity index (χ4n) is 5.22. The van der Waals surface area contributed by atoms with Crippen LogP contribution in [0.5, 0.6) is 0 Å². The highest BCUT2D eigenvalue weighted by Crippen LogP contribution is 2.60. The van der Waals surface area contributed by atoms with E-state index in [9.17, 15) is 9.50 Å². The van der Waals surface area contributed by atoms with Crippen molar-refractivity contribution in [3.8, 4) is 0 Å². The quantitative estimate of drug-likeness (QED) is 0.806. The summed E-state index contributed by atoms with van der Waals surface area (Å²) in [5, 5.41) is 10.7. The molecule has 96 valence electrons. The molecule has 0 amide bonds. The van der Waals surface area contributed by atoms with Gasteiger partial charge < -0.3 is 5.11 Å². The van der Waals surface area contributed by atoms with Gasteiger partial charge in [-0.15, -0.1) is 0 Å². The summed E-state index contributed by atoms with van der Waals surface area (Å²) < 4.78 is 13.5. The molecule has 0 radical (unpaired) electrons. The summed E-state index contributed by atoms with van der Waals surface area (Å²) in [7, 11) is 0. The normalized spacial score (nSPS) is 45.4. The van der Waals surface area contributed by atoms with E-state index in [2.05, 4.69) is 0 Å². The second kappa shape index (κ2) is 3.57. The van der Waals surface area contributed by atoms with Gasteiger partial charge in [0, 0.05) is 5.41 Å². The number of hydrogen-bond donors (Lipinski definition) is 1. The smallest absolute Gasteiger partial charge is 0.123 e. The molecule has 3 unspecified atom stereocenters. The maximum atomic E-state index is 13.5. The third-order valence-corrected chi connectivity index (χ3v) is 5.66. The molecule has 4 saturated carbocycles. The van der Waals surface area contributed by atoms with Gasteiger partial charge in [0.25, 0.3) is 0 Å². The highest BCUT2D eigenvalue weighted by atomic mass is 19.1. The molecule has 4 bridgehead atoms. The summed E-state index contributed by atoms with van der Waals surface area (Å²) >= 11 is 0. The van der Waals surface area contributed by atoms with Gasteiger partial charge in [0.15, 0.2) is 0 Å². The standard InChI is InChI=1S/C16H19FO/c17-14-3-1-2-13(7-14)16-8-10-4-11(9-16)6-12(5-10)15(16)18/h1-3,7,10-12,15,18H,4-6,8-9H2. The molecule has 1 N–H and O–H groups in total. The van der Waals surface area contributed by atoms with Crippen molar-refractivity contribution < 1.29 is 9.50 Å². The lowest BCUT2D eigenvalue weighted by Crippen LogP contribution is -2.58. The van der Waals surface area contributed by atoms with Crippen molar-refractivity contribution in [2.24, 2.45) is 17.8 Å². The van der Waals surface area contributed by atoms with Gasteiger partial charge in [-0.05, 0) is 67.6 Å². The molecule has 0 heterocycles. The van der Waals surface area contributed by atoms with Crippen LogP contribution in [0.2, 0.25) is 0 Å². The van der Waals surface area contributed by atoms with Gasteiger partial charge in [0.2, 0.25) is 0 Å². The molecule has 5 rings (SSSR count). The minimum atomic E-state index is -0.257. The first kappa shape index (κ1) is 11.0. The van der Waals surface area contributed by atoms with Crippen molar-refractivity contribution >= 4 is 0 Å². The Morgan fingerprint density at radius 1 is 1.11 bits per heavy atom. The zero-order valence-electron chi connectivity index (χ0n) is 10.5. The van der Waals surface area contributed by atoms with Gasteiger partial charge >= 0.3 is 0 Å². The first-order valence-electron chi connectivity index (χ1n) is 7.11. The summed E-state index contributed by atoms with van der Waals surface area (Å²) in [5.41, 5.74) is 0.894. The Balaban J connectivity index is 1.82. The van der Waals surface area contributed by atoms with Crippen LogP contribution < -0.4 is 0 Å². The number of aliphatic hydroxyl groups excluding tert-OH is 1. The maximum absolute atomic E-state index is 13.5. The van der Waals surface area contributed by atoms with E-state index in [0.29, 0.717) is 5.92 Å². The van der Waals surface area contributed by atoms with E-state index in [1.165, 1.54) is 25.3 Å². The average molecular weight is 246 g/mol. The maximum Gasteiger partial charge on any atom is 0.123 e. The number of aliphatic hydroxyl groups is 1. The number of benzene rings is 1. The average Bonchev–Trinajstić information content (AvgIpc) is 2.35. The Bertz CT molecular complexity index is 470. The van der Waals surface area contributed by atoms with Crippen LogP contribution in [0.15, 0.2) is 24.3 Å². The van der Waals surface area contributed by atoms with Crippen LogP contribution in [0.25, 0.3) is 0 Å². The van der Waals surface area contributed by atoms with E-state index in [4.69, 9.17) is 0 Å². The Morgan fingerprint density at radius 2 is 1.83 bits per heavy atom. The molecule has 18 heavy (non-hydrogen) atoms. The predicted molar refractivity (Wildman–Crippen MR) is 67.6 cm³/mol. The largest absolute Gasteiger partial charge is 0.392 e. The summed E-state index contributed by atoms with van der Waals surface area (Å²) in [6, 6.07) is 6.95. The lowest BCUT2D eigenvalue weighted by molar-refractivity contribution is -0.114. The Hall–Kier alpha value is -0.890. The minimum Gasteiger partial charge on any atom is -0.392 e. The topological polar surface area (TPSA) is 20.2 Å². The SMILES string of the molecule is OC1C2CC3CC(C2)CC1(c1cccc(F)c1)C3. The van der Waals surface area contributed by atoms with E-state index in [0.717, 1.165) is 30.2 Å². The van der Waals surface area contributed by atoms with Gasteiger partial charge in [-0.3, -0.25) is 0 Å². The molecule has 0 aromatic heterocycles. The van der Waals surface area contributed by atoms with E-state index in [1.807, 2.05) is 6.07 Å². The van der Waals surface area contributed by atoms with Gasteiger partial charge in [0.05, 0.1) is 6.10 Å². The Kier molecular flexibility index (Phi) is 2.18. The van der Waals surface area contributed by atoms with Crippen LogP contribution in [0.3, 0.4) is 0 Å². The number of hydrogen-bond acceptors (Lipinski definition) is 1. The monoisotopic (exact) mass is 246 g/mol. The molecular weight excluding hydrogens is 227 g/mol. The summed E-state index contributed by atoms with van der Waals surface area (Å²) in [6.45, 7) is 0. The molecule has 0 aliphatic heterocycles. The number of rotatable bonds is 1. The molecular formula is C16H19FO. The van der Waals surface area contributed by atoms with Crippen molar-refractivity contribution in [1.82, 2.24) is 0 Å². The molecule has 0 saturated heterocycles. The van der Waals surface area contributed by atoms with Crippen LogP contribution in [0, 0.1) is 23.6 Å². The van der Waals surface area contributed by atoms with Crippen molar-refractivity contribution in [3.05, 3.63) is 35.6 Å². The van der Waals surface area contributed by atoms with E-state index in [1.54, 1.807) is 12.1 Å². The van der Waals surface area contributed by atoms with E-state index < -0.39 is 0 Å². The summed E-state index contributed by atoms with van der Waals surface area (Å²) in [6.07, 6.45) is 5.58.